The van der Waals surface area contributed by atoms with Crippen LogP contribution in [0.15, 0.2) is 24.3 Å². The highest BCUT2D eigenvalue weighted by molar-refractivity contribution is 5.54. The Kier molecular flexibility index (Phi) is 5.49. The van der Waals surface area contributed by atoms with Gasteiger partial charge in [-0.05, 0) is 31.4 Å². The standard InChI is InChI=1S/C15H24N2O/c1-2-18-12-9-16-13-14-7-3-4-8-15(14)17-10-5-6-11-17/h3-4,7-8,16H,2,5-6,9-13H2,1H3. The van der Waals surface area contributed by atoms with Gasteiger partial charge in [-0.15, -0.1) is 0 Å². The summed E-state index contributed by atoms with van der Waals surface area (Å²) in [5.74, 6) is 0. The number of rotatable bonds is 7. The quantitative estimate of drug-likeness (QED) is 0.750. The molecule has 1 saturated heterocycles. The largest absolute Gasteiger partial charge is 0.380 e. The lowest BCUT2D eigenvalue weighted by Gasteiger charge is -2.21. The van der Waals surface area contributed by atoms with Crippen LogP contribution >= 0.6 is 0 Å². The first-order valence-corrected chi connectivity index (χ1v) is 7.03. The molecular formula is C15H24N2O. The zero-order valence-corrected chi connectivity index (χ0v) is 11.3. The normalized spacial score (nSPS) is 15.3. The Bertz CT molecular complexity index is 348. The van der Waals surface area contributed by atoms with E-state index in [4.69, 9.17) is 4.74 Å². The van der Waals surface area contributed by atoms with Crippen molar-refractivity contribution in [1.29, 1.82) is 0 Å². The summed E-state index contributed by atoms with van der Waals surface area (Å²) in [6.45, 7) is 7.88. The number of benzene rings is 1. The monoisotopic (exact) mass is 248 g/mol. The molecule has 18 heavy (non-hydrogen) atoms. The van der Waals surface area contributed by atoms with Gasteiger partial charge >= 0.3 is 0 Å². The predicted molar refractivity (Wildman–Crippen MR) is 76.1 cm³/mol. The number of hydrogen-bond acceptors (Lipinski definition) is 3. The molecule has 1 aliphatic rings. The number of ether oxygens (including phenoxy) is 1. The van der Waals surface area contributed by atoms with Crippen molar-refractivity contribution >= 4 is 5.69 Å². The van der Waals surface area contributed by atoms with Gasteiger partial charge in [0.2, 0.25) is 0 Å². The summed E-state index contributed by atoms with van der Waals surface area (Å²) in [5.41, 5.74) is 2.80. The van der Waals surface area contributed by atoms with Gasteiger partial charge in [0.15, 0.2) is 0 Å². The van der Waals surface area contributed by atoms with E-state index in [0.717, 1.165) is 26.3 Å². The zero-order valence-electron chi connectivity index (χ0n) is 11.3. The third-order valence-electron chi connectivity index (χ3n) is 3.38. The number of anilines is 1. The summed E-state index contributed by atoms with van der Waals surface area (Å²) >= 11 is 0. The molecule has 1 aromatic carbocycles. The minimum Gasteiger partial charge on any atom is -0.380 e. The van der Waals surface area contributed by atoms with Gasteiger partial charge < -0.3 is 15.0 Å². The van der Waals surface area contributed by atoms with Crippen LogP contribution in [0.5, 0.6) is 0 Å². The maximum atomic E-state index is 5.33. The Morgan fingerprint density at radius 3 is 2.78 bits per heavy atom. The summed E-state index contributed by atoms with van der Waals surface area (Å²) in [5, 5.41) is 3.45. The average Bonchev–Trinajstić information content (AvgIpc) is 2.93. The van der Waals surface area contributed by atoms with Crippen molar-refractivity contribution in [2.45, 2.75) is 26.3 Å². The fourth-order valence-electron chi connectivity index (χ4n) is 2.44. The highest BCUT2D eigenvalue weighted by atomic mass is 16.5. The highest BCUT2D eigenvalue weighted by Crippen LogP contribution is 2.24. The van der Waals surface area contributed by atoms with Gasteiger partial charge in [-0.25, -0.2) is 0 Å². The minimum absolute atomic E-state index is 0.794. The minimum atomic E-state index is 0.794. The molecule has 0 bridgehead atoms. The third-order valence-corrected chi connectivity index (χ3v) is 3.38. The molecule has 0 unspecified atom stereocenters. The van der Waals surface area contributed by atoms with Gasteiger partial charge in [0, 0.05) is 38.5 Å². The van der Waals surface area contributed by atoms with Gasteiger partial charge in [0.05, 0.1) is 6.61 Å². The molecule has 3 nitrogen and oxygen atoms in total. The molecule has 1 aromatic rings. The SMILES string of the molecule is CCOCCNCc1ccccc1N1CCCC1. The molecule has 0 spiro atoms. The summed E-state index contributed by atoms with van der Waals surface area (Å²) < 4.78 is 5.33. The second kappa shape index (κ2) is 7.39. The van der Waals surface area contributed by atoms with E-state index in [-0.39, 0.29) is 0 Å². The molecule has 1 heterocycles. The Morgan fingerprint density at radius 2 is 2.00 bits per heavy atom. The van der Waals surface area contributed by atoms with Gasteiger partial charge in [-0.2, -0.15) is 0 Å². The van der Waals surface area contributed by atoms with E-state index in [1.807, 2.05) is 6.92 Å². The van der Waals surface area contributed by atoms with Crippen LogP contribution in [0.3, 0.4) is 0 Å². The average molecular weight is 248 g/mol. The molecule has 0 aromatic heterocycles. The van der Waals surface area contributed by atoms with E-state index < -0.39 is 0 Å². The fraction of sp³-hybridized carbons (Fsp3) is 0.600. The molecule has 3 heteroatoms. The van der Waals surface area contributed by atoms with Crippen LogP contribution in [0.25, 0.3) is 0 Å². The van der Waals surface area contributed by atoms with Crippen LogP contribution in [0.4, 0.5) is 5.69 Å². The van der Waals surface area contributed by atoms with E-state index in [1.54, 1.807) is 0 Å². The number of nitrogens with zero attached hydrogens (tertiary/aromatic N) is 1. The second-order valence-electron chi connectivity index (χ2n) is 4.70. The first-order valence-electron chi connectivity index (χ1n) is 7.03. The molecule has 1 aliphatic heterocycles. The Hall–Kier alpha value is -1.06. The molecule has 100 valence electrons. The molecule has 0 saturated carbocycles. The van der Waals surface area contributed by atoms with Crippen molar-refractivity contribution in [2.24, 2.45) is 0 Å². The lowest BCUT2D eigenvalue weighted by atomic mass is 10.1. The molecule has 0 atom stereocenters. The van der Waals surface area contributed by atoms with Crippen molar-refractivity contribution in [2.75, 3.05) is 37.7 Å². The van der Waals surface area contributed by atoms with Crippen molar-refractivity contribution in [3.8, 4) is 0 Å². The summed E-state index contributed by atoms with van der Waals surface area (Å²) in [4.78, 5) is 2.50. The Morgan fingerprint density at radius 1 is 1.22 bits per heavy atom. The van der Waals surface area contributed by atoms with Crippen LogP contribution in [-0.4, -0.2) is 32.8 Å². The zero-order chi connectivity index (χ0) is 12.6. The van der Waals surface area contributed by atoms with Crippen LogP contribution in [0.1, 0.15) is 25.3 Å². The van der Waals surface area contributed by atoms with E-state index in [0.29, 0.717) is 0 Å². The molecule has 1 fully saturated rings. The van der Waals surface area contributed by atoms with E-state index in [1.165, 1.54) is 37.2 Å². The molecule has 0 amide bonds. The molecule has 0 radical (unpaired) electrons. The van der Waals surface area contributed by atoms with Crippen molar-refractivity contribution in [3.63, 3.8) is 0 Å². The maximum absolute atomic E-state index is 5.33. The van der Waals surface area contributed by atoms with Gasteiger partial charge in [0.25, 0.3) is 0 Å². The smallest absolute Gasteiger partial charge is 0.0590 e. The number of para-hydroxylation sites is 1. The van der Waals surface area contributed by atoms with Crippen molar-refractivity contribution in [1.82, 2.24) is 5.32 Å². The number of nitrogens with one attached hydrogen (secondary N) is 1. The molecule has 0 aliphatic carbocycles. The maximum Gasteiger partial charge on any atom is 0.0590 e. The van der Waals surface area contributed by atoms with E-state index in [9.17, 15) is 0 Å². The van der Waals surface area contributed by atoms with Gasteiger partial charge in [-0.1, -0.05) is 18.2 Å². The lowest BCUT2D eigenvalue weighted by Crippen LogP contribution is -2.23. The third kappa shape index (κ3) is 3.72. The highest BCUT2D eigenvalue weighted by Gasteiger charge is 2.14. The molecule has 2 rings (SSSR count). The Balaban J connectivity index is 1.86. The van der Waals surface area contributed by atoms with Crippen LogP contribution in [-0.2, 0) is 11.3 Å². The predicted octanol–water partition coefficient (Wildman–Crippen LogP) is 2.41. The van der Waals surface area contributed by atoms with Gasteiger partial charge in [-0.3, -0.25) is 0 Å². The second-order valence-corrected chi connectivity index (χ2v) is 4.70. The first-order chi connectivity index (χ1) is 8.92. The van der Waals surface area contributed by atoms with Crippen molar-refractivity contribution < 1.29 is 4.74 Å². The summed E-state index contributed by atoms with van der Waals surface area (Å²) in [7, 11) is 0. The van der Waals surface area contributed by atoms with Crippen molar-refractivity contribution in [3.05, 3.63) is 29.8 Å². The van der Waals surface area contributed by atoms with Crippen LogP contribution in [0, 0.1) is 0 Å². The molecular weight excluding hydrogens is 224 g/mol. The van der Waals surface area contributed by atoms with Gasteiger partial charge in [0.1, 0.15) is 0 Å². The summed E-state index contributed by atoms with van der Waals surface area (Å²) in [6, 6.07) is 8.72. The van der Waals surface area contributed by atoms with Crippen LogP contribution < -0.4 is 10.2 Å². The summed E-state index contributed by atoms with van der Waals surface area (Å²) in [6.07, 6.45) is 2.65. The number of hydrogen-bond donors (Lipinski definition) is 1. The van der Waals surface area contributed by atoms with Crippen LogP contribution in [0.2, 0.25) is 0 Å². The molecule has 1 N–H and O–H groups in total. The fourth-order valence-corrected chi connectivity index (χ4v) is 2.44. The van der Waals surface area contributed by atoms with E-state index in [2.05, 4.69) is 34.5 Å². The first kappa shape index (κ1) is 13.4. The Labute approximate surface area is 110 Å². The topological polar surface area (TPSA) is 24.5 Å². The van der Waals surface area contributed by atoms with E-state index >= 15 is 0 Å². The lowest BCUT2D eigenvalue weighted by molar-refractivity contribution is 0.149.